The first-order chi connectivity index (χ1) is 9.63. The molecule has 0 saturated carbocycles. The fourth-order valence-corrected chi connectivity index (χ4v) is 3.03. The number of halogens is 1. The van der Waals surface area contributed by atoms with Gasteiger partial charge in [-0.1, -0.05) is 15.9 Å². The maximum absolute atomic E-state index is 11.3. The summed E-state index contributed by atoms with van der Waals surface area (Å²) < 4.78 is 0.939. The van der Waals surface area contributed by atoms with E-state index >= 15 is 0 Å². The summed E-state index contributed by atoms with van der Waals surface area (Å²) in [7, 11) is 0. The van der Waals surface area contributed by atoms with E-state index in [0.29, 0.717) is 10.8 Å². The van der Waals surface area contributed by atoms with Crippen LogP contribution in [0.25, 0.3) is 10.9 Å². The van der Waals surface area contributed by atoms with Crippen molar-refractivity contribution in [3.05, 3.63) is 51.5 Å². The highest BCUT2D eigenvalue weighted by Crippen LogP contribution is 2.36. The third kappa shape index (κ3) is 2.54. The van der Waals surface area contributed by atoms with Gasteiger partial charge in [0.25, 0.3) is 5.56 Å². The Kier molecular flexibility index (Phi) is 3.45. The first kappa shape index (κ1) is 13.1. The summed E-state index contributed by atoms with van der Waals surface area (Å²) in [5.74, 6) is 0. The number of nitrogens with zero attached hydrogens (tertiary/aromatic N) is 2. The Morgan fingerprint density at radius 3 is 2.90 bits per heavy atom. The number of benzene rings is 1. The standard InChI is InChI=1S/C13H9BrN4OS/c14-7-1-2-10-8(5-7)12(9(15)6-17-10)20-13-16-4-3-11(19)18-13/h1-6H,15H2,(H,16,18,19). The van der Waals surface area contributed by atoms with Crippen LogP contribution in [0.5, 0.6) is 0 Å². The van der Waals surface area contributed by atoms with Crippen LogP contribution in [0, 0.1) is 0 Å². The lowest BCUT2D eigenvalue weighted by Crippen LogP contribution is -2.05. The molecule has 2 heterocycles. The Balaban J connectivity index is 2.17. The lowest BCUT2D eigenvalue weighted by atomic mass is 10.2. The van der Waals surface area contributed by atoms with E-state index in [-0.39, 0.29) is 5.56 Å². The van der Waals surface area contributed by atoms with Gasteiger partial charge in [-0.25, -0.2) is 4.98 Å². The van der Waals surface area contributed by atoms with Crippen LogP contribution in [-0.2, 0) is 0 Å². The summed E-state index contributed by atoms with van der Waals surface area (Å²) in [6.45, 7) is 0. The molecule has 20 heavy (non-hydrogen) atoms. The number of pyridine rings is 1. The highest BCUT2D eigenvalue weighted by molar-refractivity contribution is 9.10. The summed E-state index contributed by atoms with van der Waals surface area (Å²) in [5.41, 5.74) is 7.19. The molecule has 3 aromatic rings. The Morgan fingerprint density at radius 2 is 2.10 bits per heavy atom. The lowest BCUT2D eigenvalue weighted by Gasteiger charge is -2.08. The Hall–Kier alpha value is -1.86. The highest BCUT2D eigenvalue weighted by atomic mass is 79.9. The van der Waals surface area contributed by atoms with Crippen LogP contribution < -0.4 is 11.3 Å². The first-order valence-corrected chi connectivity index (χ1v) is 7.31. The van der Waals surface area contributed by atoms with E-state index in [1.165, 1.54) is 24.0 Å². The van der Waals surface area contributed by atoms with Gasteiger partial charge in [0, 0.05) is 27.0 Å². The molecule has 0 atom stereocenters. The minimum Gasteiger partial charge on any atom is -0.397 e. The minimum absolute atomic E-state index is 0.194. The molecule has 0 aliphatic heterocycles. The fraction of sp³-hybridized carbons (Fsp3) is 0. The van der Waals surface area contributed by atoms with Crippen LogP contribution in [0.3, 0.4) is 0 Å². The molecular formula is C13H9BrN4OS. The van der Waals surface area contributed by atoms with Gasteiger partial charge in [0.1, 0.15) is 0 Å². The van der Waals surface area contributed by atoms with Gasteiger partial charge in [0.05, 0.1) is 17.4 Å². The van der Waals surface area contributed by atoms with Crippen LogP contribution in [-0.4, -0.2) is 15.0 Å². The number of H-pyrrole nitrogens is 1. The van der Waals surface area contributed by atoms with Crippen molar-refractivity contribution >= 4 is 44.3 Å². The van der Waals surface area contributed by atoms with Crippen molar-refractivity contribution in [2.45, 2.75) is 10.1 Å². The number of fused-ring (bicyclic) bond motifs is 1. The van der Waals surface area contributed by atoms with E-state index in [4.69, 9.17) is 5.73 Å². The van der Waals surface area contributed by atoms with E-state index in [1.54, 1.807) is 6.20 Å². The van der Waals surface area contributed by atoms with Gasteiger partial charge in [-0.15, -0.1) is 0 Å². The van der Waals surface area contributed by atoms with E-state index in [2.05, 4.69) is 30.9 Å². The zero-order chi connectivity index (χ0) is 14.1. The zero-order valence-electron chi connectivity index (χ0n) is 10.1. The van der Waals surface area contributed by atoms with Crippen molar-refractivity contribution in [3.8, 4) is 0 Å². The summed E-state index contributed by atoms with van der Waals surface area (Å²) in [4.78, 5) is 23.2. The molecule has 0 aliphatic carbocycles. The van der Waals surface area contributed by atoms with Gasteiger partial charge in [0.15, 0.2) is 5.16 Å². The average molecular weight is 349 g/mol. The molecule has 3 rings (SSSR count). The van der Waals surface area contributed by atoms with Gasteiger partial charge >= 0.3 is 0 Å². The predicted molar refractivity (Wildman–Crippen MR) is 82.8 cm³/mol. The smallest absolute Gasteiger partial charge is 0.251 e. The highest BCUT2D eigenvalue weighted by Gasteiger charge is 2.10. The van der Waals surface area contributed by atoms with Crippen LogP contribution >= 0.6 is 27.7 Å². The van der Waals surface area contributed by atoms with Crippen molar-refractivity contribution in [3.63, 3.8) is 0 Å². The maximum Gasteiger partial charge on any atom is 0.251 e. The van der Waals surface area contributed by atoms with Gasteiger partial charge in [-0.3, -0.25) is 9.78 Å². The monoisotopic (exact) mass is 348 g/mol. The summed E-state index contributed by atoms with van der Waals surface area (Å²) in [6, 6.07) is 7.14. The van der Waals surface area contributed by atoms with Crippen LogP contribution in [0.1, 0.15) is 0 Å². The van der Waals surface area contributed by atoms with Crippen LogP contribution in [0.4, 0.5) is 5.69 Å². The fourth-order valence-electron chi connectivity index (χ4n) is 1.77. The van der Waals surface area contributed by atoms with Gasteiger partial charge < -0.3 is 10.7 Å². The molecule has 0 spiro atoms. The largest absolute Gasteiger partial charge is 0.397 e. The number of nitrogens with two attached hydrogens (primary N) is 1. The molecule has 7 heteroatoms. The molecule has 2 aromatic heterocycles. The van der Waals surface area contributed by atoms with E-state index in [1.807, 2.05) is 18.2 Å². The number of rotatable bonds is 2. The summed E-state index contributed by atoms with van der Waals surface area (Å²) in [5, 5.41) is 1.41. The normalized spacial score (nSPS) is 10.8. The van der Waals surface area contributed by atoms with E-state index < -0.39 is 0 Å². The number of hydrogen-bond donors (Lipinski definition) is 2. The van der Waals surface area contributed by atoms with Crippen LogP contribution in [0.2, 0.25) is 0 Å². The van der Waals surface area contributed by atoms with Gasteiger partial charge in [0.2, 0.25) is 0 Å². The van der Waals surface area contributed by atoms with Crippen molar-refractivity contribution in [2.24, 2.45) is 0 Å². The second-order valence-corrected chi connectivity index (χ2v) is 5.96. The average Bonchev–Trinajstić information content (AvgIpc) is 2.42. The predicted octanol–water partition coefficient (Wildman–Crippen LogP) is 2.81. The van der Waals surface area contributed by atoms with Crippen molar-refractivity contribution in [2.75, 3.05) is 5.73 Å². The summed E-state index contributed by atoms with van der Waals surface area (Å²) >= 11 is 4.75. The van der Waals surface area contributed by atoms with Crippen molar-refractivity contribution in [1.29, 1.82) is 0 Å². The Labute approximate surface area is 126 Å². The number of aromatic amines is 1. The van der Waals surface area contributed by atoms with E-state index in [0.717, 1.165) is 20.3 Å². The SMILES string of the molecule is Nc1cnc2ccc(Br)cc2c1Sc1nccc(=O)[nH]1. The maximum atomic E-state index is 11.3. The number of aromatic nitrogens is 3. The Bertz CT molecular complexity index is 844. The topological polar surface area (TPSA) is 84.7 Å². The molecule has 0 radical (unpaired) electrons. The molecule has 0 fully saturated rings. The Morgan fingerprint density at radius 1 is 1.25 bits per heavy atom. The number of hydrogen-bond acceptors (Lipinski definition) is 5. The van der Waals surface area contributed by atoms with Crippen molar-refractivity contribution < 1.29 is 0 Å². The number of nitrogen functional groups attached to an aromatic ring is 1. The zero-order valence-corrected chi connectivity index (χ0v) is 12.5. The molecule has 0 bridgehead atoms. The second-order valence-electron chi connectivity index (χ2n) is 4.05. The molecule has 0 aliphatic rings. The number of nitrogens with one attached hydrogen (secondary N) is 1. The molecule has 0 unspecified atom stereocenters. The molecule has 1 aromatic carbocycles. The van der Waals surface area contributed by atoms with Gasteiger partial charge in [-0.2, -0.15) is 0 Å². The quantitative estimate of drug-likeness (QED) is 0.695. The molecule has 0 saturated heterocycles. The first-order valence-electron chi connectivity index (χ1n) is 5.70. The molecular weight excluding hydrogens is 340 g/mol. The van der Waals surface area contributed by atoms with Gasteiger partial charge in [-0.05, 0) is 30.0 Å². The third-order valence-corrected chi connectivity index (χ3v) is 4.21. The molecule has 5 nitrogen and oxygen atoms in total. The van der Waals surface area contributed by atoms with E-state index in [9.17, 15) is 4.79 Å². The van der Waals surface area contributed by atoms with Crippen molar-refractivity contribution in [1.82, 2.24) is 15.0 Å². The molecule has 3 N–H and O–H groups in total. The van der Waals surface area contributed by atoms with Crippen LogP contribution in [0.15, 0.2) is 56.0 Å². The lowest BCUT2D eigenvalue weighted by molar-refractivity contribution is 0.937. The molecule has 100 valence electrons. The minimum atomic E-state index is -0.194. The second kappa shape index (κ2) is 5.26. The summed E-state index contributed by atoms with van der Waals surface area (Å²) in [6.07, 6.45) is 3.08. The third-order valence-electron chi connectivity index (χ3n) is 2.65. The molecule has 0 amide bonds. The number of anilines is 1.